The number of fused-ring (bicyclic) bond motifs is 3. The lowest BCUT2D eigenvalue weighted by Crippen LogP contribution is -2.13. The van der Waals surface area contributed by atoms with Gasteiger partial charge in [0, 0.05) is 40.5 Å². The fourth-order valence-electron chi connectivity index (χ4n) is 3.81. The van der Waals surface area contributed by atoms with E-state index < -0.39 is 0 Å². The smallest absolute Gasteiger partial charge is 0.255 e. The Kier molecular flexibility index (Phi) is 4.44. The molecule has 0 bridgehead atoms. The molecule has 1 heterocycles. The molecule has 1 unspecified atom stereocenters. The third-order valence-corrected chi connectivity index (χ3v) is 5.14. The van der Waals surface area contributed by atoms with Gasteiger partial charge in [-0.2, -0.15) is 0 Å². The summed E-state index contributed by atoms with van der Waals surface area (Å²) in [7, 11) is 0. The molecule has 0 saturated heterocycles. The van der Waals surface area contributed by atoms with E-state index in [1.165, 1.54) is 24.6 Å². The number of aromatic nitrogens is 1. The largest absolute Gasteiger partial charge is 0.358 e. The quantitative estimate of drug-likeness (QED) is 0.642. The third kappa shape index (κ3) is 3.58. The first-order valence-corrected chi connectivity index (χ1v) is 9.32. The number of amides is 2. The van der Waals surface area contributed by atoms with Crippen molar-refractivity contribution >= 4 is 34.1 Å². The van der Waals surface area contributed by atoms with Crippen LogP contribution in [-0.2, 0) is 17.6 Å². The van der Waals surface area contributed by atoms with Gasteiger partial charge < -0.3 is 15.6 Å². The summed E-state index contributed by atoms with van der Waals surface area (Å²) in [5, 5.41) is 6.79. The fourth-order valence-corrected chi connectivity index (χ4v) is 3.81. The van der Waals surface area contributed by atoms with E-state index in [0.717, 1.165) is 23.7 Å². The van der Waals surface area contributed by atoms with E-state index in [0.29, 0.717) is 22.9 Å². The van der Waals surface area contributed by atoms with Crippen LogP contribution in [0.25, 0.3) is 10.9 Å². The number of hydrogen-bond acceptors (Lipinski definition) is 2. The van der Waals surface area contributed by atoms with E-state index in [9.17, 15) is 9.59 Å². The second-order valence-electron chi connectivity index (χ2n) is 7.41. The van der Waals surface area contributed by atoms with Crippen LogP contribution in [0.3, 0.4) is 0 Å². The van der Waals surface area contributed by atoms with Gasteiger partial charge in [0.1, 0.15) is 0 Å². The van der Waals surface area contributed by atoms with E-state index in [-0.39, 0.29) is 11.8 Å². The van der Waals surface area contributed by atoms with Crippen molar-refractivity contribution in [3.63, 3.8) is 0 Å². The predicted octanol–water partition coefficient (Wildman–Crippen LogP) is 4.50. The summed E-state index contributed by atoms with van der Waals surface area (Å²) in [6.07, 6.45) is 3.33. The molecule has 0 aliphatic heterocycles. The lowest BCUT2D eigenvalue weighted by Gasteiger charge is -2.18. The number of nitrogens with one attached hydrogen (secondary N) is 3. The van der Waals surface area contributed by atoms with Gasteiger partial charge in [0.05, 0.1) is 0 Å². The zero-order valence-electron chi connectivity index (χ0n) is 15.6. The first-order chi connectivity index (χ1) is 13.0. The van der Waals surface area contributed by atoms with Crippen molar-refractivity contribution in [1.82, 2.24) is 4.98 Å². The summed E-state index contributed by atoms with van der Waals surface area (Å²) in [5.74, 6) is 0.372. The lowest BCUT2D eigenvalue weighted by atomic mass is 9.87. The highest BCUT2D eigenvalue weighted by molar-refractivity contribution is 6.07. The highest BCUT2D eigenvalue weighted by atomic mass is 16.2. The first-order valence-electron chi connectivity index (χ1n) is 9.32. The number of carbonyl (C=O) groups excluding carboxylic acids is 2. The monoisotopic (exact) mass is 361 g/mol. The maximum absolute atomic E-state index is 12.7. The van der Waals surface area contributed by atoms with Crippen molar-refractivity contribution < 1.29 is 9.59 Å². The molecule has 5 nitrogen and oxygen atoms in total. The molecule has 1 atom stereocenters. The van der Waals surface area contributed by atoms with Crippen LogP contribution in [0.4, 0.5) is 11.4 Å². The number of carbonyl (C=O) groups is 2. The zero-order valence-corrected chi connectivity index (χ0v) is 15.6. The molecule has 27 heavy (non-hydrogen) atoms. The van der Waals surface area contributed by atoms with Gasteiger partial charge >= 0.3 is 0 Å². The van der Waals surface area contributed by atoms with Crippen molar-refractivity contribution in [2.45, 2.75) is 33.1 Å². The minimum absolute atomic E-state index is 0.143. The van der Waals surface area contributed by atoms with Crippen molar-refractivity contribution in [3.8, 4) is 0 Å². The summed E-state index contributed by atoms with van der Waals surface area (Å²) in [6.45, 7) is 3.74. The highest BCUT2D eigenvalue weighted by Gasteiger charge is 2.20. The molecule has 0 radical (unpaired) electrons. The molecular formula is C22H23N3O2. The number of aryl methyl sites for hydroxylation is 1. The van der Waals surface area contributed by atoms with E-state index in [1.807, 2.05) is 24.3 Å². The Morgan fingerprint density at radius 2 is 1.85 bits per heavy atom. The predicted molar refractivity (Wildman–Crippen MR) is 108 cm³/mol. The highest BCUT2D eigenvalue weighted by Crippen LogP contribution is 2.32. The number of rotatable bonds is 3. The van der Waals surface area contributed by atoms with Crippen molar-refractivity contribution in [2.75, 3.05) is 10.6 Å². The summed E-state index contributed by atoms with van der Waals surface area (Å²) >= 11 is 0. The van der Waals surface area contributed by atoms with Crippen LogP contribution in [0.1, 0.15) is 41.9 Å². The Morgan fingerprint density at radius 3 is 2.63 bits per heavy atom. The summed E-state index contributed by atoms with van der Waals surface area (Å²) in [6, 6.07) is 13.0. The zero-order chi connectivity index (χ0) is 19.0. The summed E-state index contributed by atoms with van der Waals surface area (Å²) in [4.78, 5) is 27.4. The Labute approximate surface area is 158 Å². The van der Waals surface area contributed by atoms with Crippen LogP contribution in [0.2, 0.25) is 0 Å². The van der Waals surface area contributed by atoms with Crippen LogP contribution >= 0.6 is 0 Å². The Balaban J connectivity index is 1.60. The van der Waals surface area contributed by atoms with E-state index >= 15 is 0 Å². The second kappa shape index (κ2) is 6.91. The van der Waals surface area contributed by atoms with Crippen LogP contribution in [-0.4, -0.2) is 16.8 Å². The van der Waals surface area contributed by atoms with Crippen LogP contribution in [0.15, 0.2) is 42.5 Å². The number of hydrogen-bond donors (Lipinski definition) is 3. The van der Waals surface area contributed by atoms with Gasteiger partial charge in [0.25, 0.3) is 5.91 Å². The molecule has 138 valence electrons. The van der Waals surface area contributed by atoms with Crippen molar-refractivity contribution in [3.05, 3.63) is 59.3 Å². The minimum Gasteiger partial charge on any atom is -0.358 e. The average molecular weight is 361 g/mol. The standard InChI is InChI=1S/C22H23N3O2/c1-13-6-8-20-18(10-13)19-11-15(7-9-21(19)25-20)22(27)24-17-5-3-4-16(12-17)23-14(2)26/h3-5,7,9,11-13,25H,6,8,10H2,1-2H3,(H,23,26)(H,24,27). The van der Waals surface area contributed by atoms with Crippen LogP contribution in [0.5, 0.6) is 0 Å². The average Bonchev–Trinajstić information content (AvgIpc) is 2.98. The molecule has 0 saturated carbocycles. The van der Waals surface area contributed by atoms with Crippen molar-refractivity contribution in [1.29, 1.82) is 0 Å². The molecule has 1 aromatic heterocycles. The van der Waals surface area contributed by atoms with E-state index in [1.54, 1.807) is 18.2 Å². The number of benzene rings is 2. The number of H-pyrrole nitrogens is 1. The van der Waals surface area contributed by atoms with E-state index in [2.05, 4.69) is 22.5 Å². The fraction of sp³-hybridized carbons (Fsp3) is 0.273. The molecule has 2 amide bonds. The van der Waals surface area contributed by atoms with Gasteiger partial charge in [0.15, 0.2) is 0 Å². The van der Waals surface area contributed by atoms with Gasteiger partial charge in [-0.05, 0) is 67.1 Å². The third-order valence-electron chi connectivity index (χ3n) is 5.14. The normalized spacial score (nSPS) is 16.0. The van der Waals surface area contributed by atoms with Crippen LogP contribution < -0.4 is 10.6 Å². The van der Waals surface area contributed by atoms with E-state index in [4.69, 9.17) is 0 Å². The topological polar surface area (TPSA) is 74.0 Å². The maximum atomic E-state index is 12.7. The molecular weight excluding hydrogens is 338 g/mol. The SMILES string of the molecule is CC(=O)Nc1cccc(NC(=O)c2ccc3[nH]c4c(c3c2)CC(C)CC4)c1. The molecule has 5 heteroatoms. The molecule has 4 rings (SSSR count). The summed E-state index contributed by atoms with van der Waals surface area (Å²) < 4.78 is 0. The molecule has 0 fully saturated rings. The number of anilines is 2. The first kappa shape index (κ1) is 17.3. The molecule has 2 aromatic carbocycles. The van der Waals surface area contributed by atoms with Gasteiger partial charge in [-0.1, -0.05) is 13.0 Å². The molecule has 0 spiro atoms. The minimum atomic E-state index is -0.157. The molecule has 1 aliphatic rings. The lowest BCUT2D eigenvalue weighted by molar-refractivity contribution is -0.114. The Bertz CT molecular complexity index is 1040. The molecule has 3 aromatic rings. The number of aromatic amines is 1. The van der Waals surface area contributed by atoms with Crippen molar-refractivity contribution in [2.24, 2.45) is 5.92 Å². The Hall–Kier alpha value is -3.08. The van der Waals surface area contributed by atoms with Gasteiger partial charge in [-0.15, -0.1) is 0 Å². The summed E-state index contributed by atoms with van der Waals surface area (Å²) in [5.41, 5.74) is 5.70. The second-order valence-corrected chi connectivity index (χ2v) is 7.41. The van der Waals surface area contributed by atoms with Gasteiger partial charge in [0.2, 0.25) is 5.91 Å². The van der Waals surface area contributed by atoms with Gasteiger partial charge in [-0.25, -0.2) is 0 Å². The molecule has 1 aliphatic carbocycles. The maximum Gasteiger partial charge on any atom is 0.255 e. The molecule has 3 N–H and O–H groups in total. The van der Waals surface area contributed by atoms with Gasteiger partial charge in [-0.3, -0.25) is 9.59 Å². The Morgan fingerprint density at radius 1 is 1.07 bits per heavy atom. The van der Waals surface area contributed by atoms with Crippen LogP contribution in [0, 0.1) is 5.92 Å².